The van der Waals surface area contributed by atoms with Gasteiger partial charge in [-0.1, -0.05) is 11.6 Å². The van der Waals surface area contributed by atoms with Crippen molar-refractivity contribution in [3.05, 3.63) is 40.7 Å². The van der Waals surface area contributed by atoms with Crippen molar-refractivity contribution in [3.8, 4) is 17.1 Å². The van der Waals surface area contributed by atoms with E-state index >= 15 is 0 Å². The maximum absolute atomic E-state index is 5.93. The number of rotatable bonds is 3. The van der Waals surface area contributed by atoms with Gasteiger partial charge in [-0.25, -0.2) is 9.97 Å². The number of methoxy groups -OCH3 is 1. The minimum Gasteiger partial charge on any atom is -0.496 e. The second-order valence-electron chi connectivity index (χ2n) is 3.80. The molecule has 0 radical (unpaired) electrons. The first-order valence-corrected chi connectivity index (χ1v) is 6.29. The van der Waals surface area contributed by atoms with Gasteiger partial charge in [0, 0.05) is 10.7 Å². The van der Waals surface area contributed by atoms with Crippen LogP contribution in [0.3, 0.4) is 0 Å². The lowest BCUT2D eigenvalue weighted by molar-refractivity contribution is 0.416. The molecule has 0 aliphatic rings. The summed E-state index contributed by atoms with van der Waals surface area (Å²) in [4.78, 5) is 8.79. The highest BCUT2D eigenvalue weighted by Gasteiger charge is 2.10. The molecule has 0 fully saturated rings. The zero-order chi connectivity index (χ0) is 13.1. The van der Waals surface area contributed by atoms with Crippen molar-refractivity contribution in [1.29, 1.82) is 0 Å². The third-order valence-electron chi connectivity index (χ3n) is 2.45. The Labute approximate surface area is 116 Å². The summed E-state index contributed by atoms with van der Waals surface area (Å²) < 4.78 is 5.30. The van der Waals surface area contributed by atoms with E-state index in [1.165, 1.54) is 0 Å². The Bertz CT molecular complexity index is 573. The summed E-state index contributed by atoms with van der Waals surface area (Å²) in [6.07, 6.45) is 0. The molecule has 1 aromatic carbocycles. The molecule has 2 rings (SSSR count). The lowest BCUT2D eigenvalue weighted by Gasteiger charge is -2.09. The number of hydrogen-bond acceptors (Lipinski definition) is 3. The van der Waals surface area contributed by atoms with Gasteiger partial charge in [0.2, 0.25) is 0 Å². The summed E-state index contributed by atoms with van der Waals surface area (Å²) >= 11 is 11.7. The van der Waals surface area contributed by atoms with Gasteiger partial charge in [0.15, 0.2) is 5.82 Å². The molecule has 2 aromatic rings. The fourth-order valence-corrected chi connectivity index (χ4v) is 1.97. The highest BCUT2D eigenvalue weighted by Crippen LogP contribution is 2.30. The average Bonchev–Trinajstić information content (AvgIpc) is 2.37. The molecule has 0 bridgehead atoms. The molecule has 0 saturated carbocycles. The van der Waals surface area contributed by atoms with E-state index in [0.29, 0.717) is 22.5 Å². The number of ether oxygens (including phenoxy) is 1. The van der Waals surface area contributed by atoms with Gasteiger partial charge in [0.25, 0.3) is 0 Å². The van der Waals surface area contributed by atoms with Crippen molar-refractivity contribution < 1.29 is 4.74 Å². The molecule has 0 N–H and O–H groups in total. The SMILES string of the molecule is COc1cc(Cl)ccc1-c1nc(C)cc(CCl)n1. The van der Waals surface area contributed by atoms with Gasteiger partial charge in [-0.15, -0.1) is 11.6 Å². The smallest absolute Gasteiger partial charge is 0.163 e. The summed E-state index contributed by atoms with van der Waals surface area (Å²) in [5.41, 5.74) is 2.46. The first-order valence-electron chi connectivity index (χ1n) is 5.38. The predicted octanol–water partition coefficient (Wildman–Crippen LogP) is 3.85. The average molecular weight is 283 g/mol. The van der Waals surface area contributed by atoms with E-state index in [-0.39, 0.29) is 0 Å². The third kappa shape index (κ3) is 2.74. The minimum atomic E-state index is 0.353. The highest BCUT2D eigenvalue weighted by atomic mass is 35.5. The van der Waals surface area contributed by atoms with E-state index in [0.717, 1.165) is 17.0 Å². The van der Waals surface area contributed by atoms with E-state index < -0.39 is 0 Å². The Morgan fingerprint density at radius 3 is 2.67 bits per heavy atom. The zero-order valence-electron chi connectivity index (χ0n) is 10.1. The van der Waals surface area contributed by atoms with Crippen LogP contribution in [-0.4, -0.2) is 17.1 Å². The molecule has 1 aromatic heterocycles. The van der Waals surface area contributed by atoms with E-state index in [9.17, 15) is 0 Å². The summed E-state index contributed by atoms with van der Waals surface area (Å²) in [6.45, 7) is 1.91. The fourth-order valence-electron chi connectivity index (χ4n) is 1.67. The van der Waals surface area contributed by atoms with Crippen LogP contribution in [0.4, 0.5) is 0 Å². The van der Waals surface area contributed by atoms with Gasteiger partial charge in [0.05, 0.1) is 24.2 Å². The number of alkyl halides is 1. The maximum atomic E-state index is 5.93. The molecule has 0 unspecified atom stereocenters. The molecule has 0 saturated heterocycles. The molecule has 1 heterocycles. The van der Waals surface area contributed by atoms with E-state index in [1.54, 1.807) is 19.2 Å². The second kappa shape index (κ2) is 5.55. The Balaban J connectivity index is 2.57. The predicted molar refractivity (Wildman–Crippen MR) is 73.3 cm³/mol. The third-order valence-corrected chi connectivity index (χ3v) is 2.96. The minimum absolute atomic E-state index is 0.353. The largest absolute Gasteiger partial charge is 0.496 e. The van der Waals surface area contributed by atoms with Crippen LogP contribution < -0.4 is 4.74 Å². The summed E-state index contributed by atoms with van der Waals surface area (Å²) in [5.74, 6) is 1.60. The van der Waals surface area contributed by atoms with Gasteiger partial charge in [-0.05, 0) is 31.2 Å². The van der Waals surface area contributed by atoms with Crippen LogP contribution >= 0.6 is 23.2 Å². The summed E-state index contributed by atoms with van der Waals surface area (Å²) in [7, 11) is 1.59. The first-order chi connectivity index (χ1) is 8.63. The molecule has 3 nitrogen and oxygen atoms in total. The van der Waals surface area contributed by atoms with Gasteiger partial charge in [-0.3, -0.25) is 0 Å². The van der Waals surface area contributed by atoms with Crippen LogP contribution in [0.2, 0.25) is 5.02 Å². The van der Waals surface area contributed by atoms with Crippen molar-refractivity contribution in [1.82, 2.24) is 9.97 Å². The van der Waals surface area contributed by atoms with Gasteiger partial charge in [0.1, 0.15) is 5.75 Å². The van der Waals surface area contributed by atoms with Gasteiger partial charge < -0.3 is 4.74 Å². The van der Waals surface area contributed by atoms with Gasteiger partial charge >= 0.3 is 0 Å². The molecule has 0 aliphatic heterocycles. The standard InChI is InChI=1S/C13H12Cl2N2O/c1-8-5-10(7-14)17-13(16-8)11-4-3-9(15)6-12(11)18-2/h3-6H,7H2,1-2H3. The van der Waals surface area contributed by atoms with E-state index in [1.807, 2.05) is 19.1 Å². The normalized spacial score (nSPS) is 10.4. The van der Waals surface area contributed by atoms with E-state index in [2.05, 4.69) is 9.97 Å². The molecule has 0 aliphatic carbocycles. The van der Waals surface area contributed by atoms with Crippen LogP contribution in [0.1, 0.15) is 11.4 Å². The molecule has 0 amide bonds. The monoisotopic (exact) mass is 282 g/mol. The summed E-state index contributed by atoms with van der Waals surface area (Å²) in [6, 6.07) is 7.22. The number of benzene rings is 1. The van der Waals surface area contributed by atoms with Crippen LogP contribution in [0.5, 0.6) is 5.75 Å². The molecule has 0 spiro atoms. The highest BCUT2D eigenvalue weighted by molar-refractivity contribution is 6.30. The molecule has 94 valence electrons. The number of aryl methyl sites for hydroxylation is 1. The molecule has 0 atom stereocenters. The molecule has 5 heteroatoms. The number of halogens is 2. The van der Waals surface area contributed by atoms with Crippen molar-refractivity contribution in [2.24, 2.45) is 0 Å². The number of aromatic nitrogens is 2. The van der Waals surface area contributed by atoms with Crippen LogP contribution in [0.25, 0.3) is 11.4 Å². The maximum Gasteiger partial charge on any atom is 0.163 e. The topological polar surface area (TPSA) is 35.0 Å². The fraction of sp³-hybridized carbons (Fsp3) is 0.231. The van der Waals surface area contributed by atoms with E-state index in [4.69, 9.17) is 27.9 Å². The lowest BCUT2D eigenvalue weighted by atomic mass is 10.1. The zero-order valence-corrected chi connectivity index (χ0v) is 11.6. The van der Waals surface area contributed by atoms with Crippen molar-refractivity contribution in [2.45, 2.75) is 12.8 Å². The van der Waals surface area contributed by atoms with Crippen LogP contribution in [0.15, 0.2) is 24.3 Å². The Morgan fingerprint density at radius 1 is 1.22 bits per heavy atom. The Morgan fingerprint density at radius 2 is 2.00 bits per heavy atom. The molecular weight excluding hydrogens is 271 g/mol. The lowest BCUT2D eigenvalue weighted by Crippen LogP contribution is -1.98. The Hall–Kier alpha value is -1.32. The van der Waals surface area contributed by atoms with Crippen LogP contribution in [0, 0.1) is 6.92 Å². The quantitative estimate of drug-likeness (QED) is 0.802. The number of hydrogen-bond donors (Lipinski definition) is 0. The van der Waals surface area contributed by atoms with Crippen molar-refractivity contribution >= 4 is 23.2 Å². The van der Waals surface area contributed by atoms with Crippen LogP contribution in [-0.2, 0) is 5.88 Å². The Kier molecular flexibility index (Phi) is 4.04. The first kappa shape index (κ1) is 13.1. The molecular formula is C13H12Cl2N2O. The second-order valence-corrected chi connectivity index (χ2v) is 4.51. The van der Waals surface area contributed by atoms with Gasteiger partial charge in [-0.2, -0.15) is 0 Å². The van der Waals surface area contributed by atoms with Crippen molar-refractivity contribution in [2.75, 3.05) is 7.11 Å². The van der Waals surface area contributed by atoms with Crippen molar-refractivity contribution in [3.63, 3.8) is 0 Å². The number of nitrogens with zero attached hydrogens (tertiary/aromatic N) is 2. The summed E-state index contributed by atoms with van der Waals surface area (Å²) in [5, 5.41) is 0.612. The molecule has 18 heavy (non-hydrogen) atoms.